The maximum Gasteiger partial charge on any atom is 0.306 e. The van der Waals surface area contributed by atoms with E-state index >= 15 is 0 Å². The minimum Gasteiger partial charge on any atom is -0.456 e. The van der Waals surface area contributed by atoms with Crippen LogP contribution in [0.5, 0.6) is 0 Å². The molecule has 3 N–H and O–H groups in total. The number of esters is 1. The van der Waals surface area contributed by atoms with Gasteiger partial charge in [0.2, 0.25) is 0 Å². The zero-order chi connectivity index (χ0) is 41.9. The molecule has 0 bridgehead atoms. The first-order chi connectivity index (χ1) is 27.9. The van der Waals surface area contributed by atoms with Gasteiger partial charge in [0.15, 0.2) is 12.4 Å². The van der Waals surface area contributed by atoms with E-state index in [9.17, 15) is 20.1 Å². The topological polar surface area (TPSA) is 105 Å². The number of rotatable bonds is 24. The van der Waals surface area contributed by atoms with E-state index in [0.717, 1.165) is 80.5 Å². The number of hydrogen-bond donors (Lipinski definition) is 3. The van der Waals surface area contributed by atoms with Gasteiger partial charge in [-0.1, -0.05) is 150 Å². The van der Waals surface area contributed by atoms with Crippen LogP contribution < -0.4 is 0 Å². The van der Waals surface area contributed by atoms with Gasteiger partial charge in [0.25, 0.3) is 0 Å². The largest absolute Gasteiger partial charge is 0.456 e. The molecule has 0 aromatic rings. The molecule has 14 atom stereocenters. The van der Waals surface area contributed by atoms with Crippen LogP contribution in [-0.4, -0.2) is 64.7 Å². The molecule has 336 valence electrons. The van der Waals surface area contributed by atoms with Crippen molar-refractivity contribution in [3.63, 3.8) is 0 Å². The summed E-state index contributed by atoms with van der Waals surface area (Å²) < 4.78 is 18.2. The fourth-order valence-corrected chi connectivity index (χ4v) is 13.4. The summed E-state index contributed by atoms with van der Waals surface area (Å²) in [5, 5.41) is 32.5. The van der Waals surface area contributed by atoms with Crippen molar-refractivity contribution < 1.29 is 34.3 Å². The third-order valence-corrected chi connectivity index (χ3v) is 17.2. The van der Waals surface area contributed by atoms with Crippen LogP contribution in [0.3, 0.4) is 0 Å². The molecule has 0 spiro atoms. The van der Waals surface area contributed by atoms with Gasteiger partial charge in [0.1, 0.15) is 18.3 Å². The molecule has 4 fully saturated rings. The van der Waals surface area contributed by atoms with Crippen LogP contribution >= 0.6 is 0 Å². The van der Waals surface area contributed by atoms with Crippen LogP contribution in [0.15, 0.2) is 11.6 Å². The van der Waals surface area contributed by atoms with Crippen LogP contribution in [0.2, 0.25) is 0 Å². The standard InChI is InChI=1S/C51H90O7/c1-8-10-11-12-13-14-15-16-17-18-19-20-21-22-45(53)58-48-46(54)44(34-52)57-49(47(48)55)56-39-29-31-50(6)38(33-39)25-26-40-42-28-27-41(51(42,7)32-30-43(40)50)36(5)23-24-37(9-2)35(3)4/h25,35-37,39-44,46-49,52,54-55H,8-24,26-34H2,1-7H3/t36?,37-,39+,40?,41-,42+,43+,44-,46-,47-,48+,49-,50+,51-/m1/s1. The number of fused-ring (bicyclic) bond motifs is 5. The van der Waals surface area contributed by atoms with Crippen LogP contribution in [0.1, 0.15) is 209 Å². The minimum absolute atomic E-state index is 0.143. The molecule has 7 nitrogen and oxygen atoms in total. The fraction of sp³-hybridized carbons (Fsp3) is 0.941. The van der Waals surface area contributed by atoms with E-state index in [2.05, 4.69) is 54.5 Å². The summed E-state index contributed by atoms with van der Waals surface area (Å²) >= 11 is 0. The number of allylic oxidation sites excluding steroid dienone is 1. The van der Waals surface area contributed by atoms with E-state index in [1.165, 1.54) is 115 Å². The van der Waals surface area contributed by atoms with Crippen molar-refractivity contribution in [2.75, 3.05) is 6.61 Å². The van der Waals surface area contributed by atoms with Gasteiger partial charge < -0.3 is 29.5 Å². The van der Waals surface area contributed by atoms with E-state index < -0.39 is 43.3 Å². The quantitative estimate of drug-likeness (QED) is 0.0506. The zero-order valence-electron chi connectivity index (χ0n) is 38.4. The highest BCUT2D eigenvalue weighted by molar-refractivity contribution is 5.69. The third-order valence-electron chi connectivity index (χ3n) is 17.2. The molecule has 0 radical (unpaired) electrons. The Balaban J connectivity index is 1.08. The second kappa shape index (κ2) is 22.9. The van der Waals surface area contributed by atoms with Crippen LogP contribution in [0.4, 0.5) is 0 Å². The Morgan fingerprint density at radius 2 is 1.48 bits per heavy atom. The van der Waals surface area contributed by atoms with Gasteiger partial charge >= 0.3 is 5.97 Å². The first-order valence-electron chi connectivity index (χ1n) is 25.0. The number of carbonyl (C=O) groups excluding carboxylic acids is 1. The highest BCUT2D eigenvalue weighted by Gasteiger charge is 2.59. The fourth-order valence-electron chi connectivity index (χ4n) is 13.4. The van der Waals surface area contributed by atoms with E-state index in [1.807, 2.05) is 0 Å². The van der Waals surface area contributed by atoms with Gasteiger partial charge in [0, 0.05) is 6.42 Å². The van der Waals surface area contributed by atoms with E-state index in [-0.39, 0.29) is 17.9 Å². The van der Waals surface area contributed by atoms with Crippen molar-refractivity contribution in [2.24, 2.45) is 52.3 Å². The molecule has 4 aliphatic carbocycles. The molecular formula is C51H90O7. The third kappa shape index (κ3) is 11.7. The van der Waals surface area contributed by atoms with E-state index in [1.54, 1.807) is 0 Å². The Kier molecular flexibility index (Phi) is 19.0. The summed E-state index contributed by atoms with van der Waals surface area (Å²) in [7, 11) is 0. The summed E-state index contributed by atoms with van der Waals surface area (Å²) in [5.41, 5.74) is 2.12. The molecule has 7 heteroatoms. The van der Waals surface area contributed by atoms with Crippen LogP contribution in [0.25, 0.3) is 0 Å². The van der Waals surface area contributed by atoms with Crippen molar-refractivity contribution >= 4 is 5.97 Å². The molecule has 58 heavy (non-hydrogen) atoms. The summed E-state index contributed by atoms with van der Waals surface area (Å²) in [4.78, 5) is 12.9. The van der Waals surface area contributed by atoms with Crippen molar-refractivity contribution in [2.45, 2.75) is 246 Å². The highest BCUT2D eigenvalue weighted by Crippen LogP contribution is 2.67. The Morgan fingerprint density at radius 1 is 0.828 bits per heavy atom. The van der Waals surface area contributed by atoms with Gasteiger partial charge in [-0.3, -0.25) is 4.79 Å². The SMILES string of the molecule is CCCCCCCCCCCCCCCC(=O)O[C@@H]1[C@@H](O)[C@H](O[C@H]2CC[C@@]3(C)C(=CCC4[C@@H]5CC[C@H](C(C)CC[C@@H](CC)C(C)C)[C@@]5(C)CC[C@@H]43)C2)O[C@H](CO)[C@H]1O. The van der Waals surface area contributed by atoms with Crippen molar-refractivity contribution in [3.8, 4) is 0 Å². The molecule has 2 unspecified atom stereocenters. The summed E-state index contributed by atoms with van der Waals surface area (Å²) in [6, 6.07) is 0. The Labute approximate surface area is 355 Å². The zero-order valence-corrected chi connectivity index (χ0v) is 38.4. The Morgan fingerprint density at radius 3 is 2.10 bits per heavy atom. The van der Waals surface area contributed by atoms with Crippen molar-refractivity contribution in [3.05, 3.63) is 11.6 Å². The lowest BCUT2D eigenvalue weighted by molar-refractivity contribution is -0.314. The Hall–Kier alpha value is -0.990. The molecule has 5 rings (SSSR count). The first-order valence-corrected chi connectivity index (χ1v) is 25.0. The molecule has 1 heterocycles. The van der Waals surface area contributed by atoms with Crippen LogP contribution in [-0.2, 0) is 19.0 Å². The smallest absolute Gasteiger partial charge is 0.306 e. The predicted octanol–water partition coefficient (Wildman–Crippen LogP) is 11.9. The van der Waals surface area contributed by atoms with Crippen molar-refractivity contribution in [1.82, 2.24) is 0 Å². The van der Waals surface area contributed by atoms with Crippen LogP contribution in [0, 0.1) is 52.3 Å². The van der Waals surface area contributed by atoms with Gasteiger partial charge in [0.05, 0.1) is 12.7 Å². The lowest BCUT2D eigenvalue weighted by atomic mass is 9.47. The van der Waals surface area contributed by atoms with Gasteiger partial charge in [-0.15, -0.1) is 0 Å². The molecule has 1 saturated heterocycles. The second-order valence-corrected chi connectivity index (χ2v) is 21.1. The summed E-state index contributed by atoms with van der Waals surface area (Å²) in [6.45, 7) is 16.8. The average Bonchev–Trinajstić information content (AvgIpc) is 3.56. The number of ether oxygens (including phenoxy) is 3. The molecular weight excluding hydrogens is 725 g/mol. The second-order valence-electron chi connectivity index (χ2n) is 21.1. The maximum atomic E-state index is 12.9. The number of carbonyl (C=O) groups is 1. The molecule has 3 saturated carbocycles. The number of hydrogen-bond acceptors (Lipinski definition) is 7. The summed E-state index contributed by atoms with van der Waals surface area (Å²) in [6.07, 6.45) is 26.1. The molecule has 0 aromatic carbocycles. The molecule has 5 aliphatic rings. The number of aliphatic hydroxyl groups excluding tert-OH is 3. The van der Waals surface area contributed by atoms with Gasteiger partial charge in [-0.2, -0.15) is 0 Å². The molecule has 0 amide bonds. The highest BCUT2D eigenvalue weighted by atomic mass is 16.7. The van der Waals surface area contributed by atoms with Gasteiger partial charge in [-0.05, 0) is 116 Å². The average molecular weight is 815 g/mol. The number of unbranched alkanes of at least 4 members (excludes halogenated alkanes) is 12. The monoisotopic (exact) mass is 815 g/mol. The molecule has 0 aromatic heterocycles. The minimum atomic E-state index is -1.33. The summed E-state index contributed by atoms with van der Waals surface area (Å²) in [5.74, 6) is 5.11. The van der Waals surface area contributed by atoms with E-state index in [0.29, 0.717) is 11.3 Å². The lowest BCUT2D eigenvalue weighted by Crippen LogP contribution is -2.61. The lowest BCUT2D eigenvalue weighted by Gasteiger charge is -2.58. The maximum absolute atomic E-state index is 12.9. The van der Waals surface area contributed by atoms with E-state index in [4.69, 9.17) is 14.2 Å². The Bertz CT molecular complexity index is 1250. The first kappa shape index (κ1) is 48.0. The number of aliphatic hydroxyl groups is 3. The molecule has 1 aliphatic heterocycles. The predicted molar refractivity (Wildman–Crippen MR) is 235 cm³/mol. The normalized spacial score (nSPS) is 37.1. The van der Waals surface area contributed by atoms with Gasteiger partial charge in [-0.25, -0.2) is 0 Å². The van der Waals surface area contributed by atoms with Crippen molar-refractivity contribution in [1.29, 1.82) is 0 Å².